The Morgan fingerprint density at radius 2 is 1.67 bits per heavy atom. The zero-order valence-electron chi connectivity index (χ0n) is 17.6. The number of benzene rings is 2. The molecule has 3 aromatic rings. The van der Waals surface area contributed by atoms with Crippen LogP contribution in [0, 0.1) is 0 Å². The number of ether oxygens (including phenoxy) is 2. The van der Waals surface area contributed by atoms with Crippen LogP contribution >= 0.6 is 0 Å². The summed E-state index contributed by atoms with van der Waals surface area (Å²) < 4.78 is 12.4. The van der Waals surface area contributed by atoms with Crippen molar-refractivity contribution in [2.75, 3.05) is 7.11 Å². The number of carbonyl (C=O) groups is 1. The molecule has 0 aliphatic rings. The van der Waals surface area contributed by atoms with Crippen molar-refractivity contribution in [2.24, 2.45) is 0 Å². The van der Waals surface area contributed by atoms with Crippen LogP contribution in [0.1, 0.15) is 37.5 Å². The molecule has 3 N–H and O–H groups in total. The average molecular weight is 413 g/mol. The van der Waals surface area contributed by atoms with Gasteiger partial charge in [0, 0.05) is 10.9 Å². The van der Waals surface area contributed by atoms with Gasteiger partial charge >= 0.3 is 6.09 Å². The number of fused-ring (bicyclic) bond motifs is 1. The molecule has 0 radical (unpaired) electrons. The van der Waals surface area contributed by atoms with Gasteiger partial charge in [0.15, 0.2) is 0 Å². The molecule has 2 aromatic carbocycles. The number of nitrogens with zero attached hydrogens (tertiary/aromatic N) is 1. The van der Waals surface area contributed by atoms with Crippen molar-refractivity contribution in [3.8, 4) is 17.0 Å². The van der Waals surface area contributed by atoms with Gasteiger partial charge in [-0.25, -0.2) is 9.36 Å². The maximum atomic E-state index is 13.2. The van der Waals surface area contributed by atoms with Crippen molar-refractivity contribution < 1.29 is 29.6 Å². The molecule has 1 aromatic heterocycles. The summed E-state index contributed by atoms with van der Waals surface area (Å²) in [5.41, 5.74) is 2.62. The fourth-order valence-corrected chi connectivity index (χ4v) is 3.43. The van der Waals surface area contributed by atoms with Crippen molar-refractivity contribution >= 4 is 17.0 Å². The molecular weight excluding hydrogens is 386 g/mol. The highest BCUT2D eigenvalue weighted by Gasteiger charge is 2.25. The number of hydrogen-bond donors (Lipinski definition) is 3. The first-order valence-electron chi connectivity index (χ1n) is 9.62. The monoisotopic (exact) mass is 413 g/mol. The summed E-state index contributed by atoms with van der Waals surface area (Å²) in [5, 5.41) is 30.1. The topological polar surface area (TPSA) is 101 Å². The first-order valence-corrected chi connectivity index (χ1v) is 9.62. The summed E-state index contributed by atoms with van der Waals surface area (Å²) in [6.07, 6.45) is -0.599. The zero-order valence-corrected chi connectivity index (χ0v) is 17.6. The molecule has 1 heterocycles. The highest BCUT2D eigenvalue weighted by Crippen LogP contribution is 2.35. The predicted molar refractivity (Wildman–Crippen MR) is 113 cm³/mol. The van der Waals surface area contributed by atoms with Gasteiger partial charge in [-0.05, 0) is 61.7 Å². The molecule has 0 aliphatic heterocycles. The predicted octanol–water partition coefficient (Wildman–Crippen LogP) is 3.58. The van der Waals surface area contributed by atoms with Crippen LogP contribution < -0.4 is 4.74 Å². The standard InChI is InChI=1S/C23H27NO6/c1-23(2,3)30-22(28)24-20-8-14(11-25)7-16(13-27)19(20)10-21(24)18-9-17(29-4)6-5-15(18)12-26/h5-10,25-27H,11-13H2,1-4H3. The highest BCUT2D eigenvalue weighted by molar-refractivity contribution is 5.98. The van der Waals surface area contributed by atoms with Crippen LogP contribution in [0.4, 0.5) is 4.79 Å². The molecule has 3 rings (SSSR count). The maximum absolute atomic E-state index is 13.2. The summed E-state index contributed by atoms with van der Waals surface area (Å²) in [7, 11) is 1.54. The first-order chi connectivity index (χ1) is 14.2. The highest BCUT2D eigenvalue weighted by atomic mass is 16.6. The van der Waals surface area contributed by atoms with Crippen molar-refractivity contribution in [1.82, 2.24) is 4.57 Å². The minimum atomic E-state index is -0.729. The van der Waals surface area contributed by atoms with Crippen LogP contribution in [0.25, 0.3) is 22.2 Å². The number of carbonyl (C=O) groups excluding carboxylic acids is 1. The fourth-order valence-electron chi connectivity index (χ4n) is 3.43. The molecule has 0 spiro atoms. The van der Waals surface area contributed by atoms with E-state index in [-0.39, 0.29) is 19.8 Å². The Morgan fingerprint density at radius 3 is 2.23 bits per heavy atom. The minimum absolute atomic E-state index is 0.232. The van der Waals surface area contributed by atoms with E-state index in [1.165, 1.54) is 4.57 Å². The van der Waals surface area contributed by atoms with Crippen molar-refractivity contribution in [2.45, 2.75) is 46.2 Å². The van der Waals surface area contributed by atoms with Gasteiger partial charge < -0.3 is 24.8 Å². The maximum Gasteiger partial charge on any atom is 0.419 e. The molecule has 160 valence electrons. The lowest BCUT2D eigenvalue weighted by molar-refractivity contribution is 0.0547. The largest absolute Gasteiger partial charge is 0.497 e. The van der Waals surface area contributed by atoms with E-state index in [0.29, 0.717) is 44.6 Å². The van der Waals surface area contributed by atoms with Crippen molar-refractivity contribution in [3.05, 3.63) is 53.1 Å². The van der Waals surface area contributed by atoms with E-state index >= 15 is 0 Å². The summed E-state index contributed by atoms with van der Waals surface area (Å²) in [6, 6.07) is 10.4. The van der Waals surface area contributed by atoms with Crippen LogP contribution in [0.3, 0.4) is 0 Å². The third-order valence-corrected chi connectivity index (χ3v) is 4.76. The molecule has 7 heteroatoms. The Kier molecular flexibility index (Phi) is 6.17. The summed E-state index contributed by atoms with van der Waals surface area (Å²) in [4.78, 5) is 13.2. The molecule has 0 saturated heterocycles. The Labute approximate surface area is 175 Å². The van der Waals surface area contributed by atoms with Gasteiger partial charge in [0.25, 0.3) is 0 Å². The lowest BCUT2D eigenvalue weighted by Crippen LogP contribution is -2.27. The second-order valence-corrected chi connectivity index (χ2v) is 8.03. The molecule has 0 saturated carbocycles. The van der Waals surface area contributed by atoms with Gasteiger partial charge in [-0.3, -0.25) is 0 Å². The average Bonchev–Trinajstić information content (AvgIpc) is 3.10. The molecule has 0 aliphatic carbocycles. The van der Waals surface area contributed by atoms with Crippen molar-refractivity contribution in [3.63, 3.8) is 0 Å². The van der Waals surface area contributed by atoms with E-state index in [2.05, 4.69) is 0 Å². The van der Waals surface area contributed by atoms with Gasteiger partial charge in [0.2, 0.25) is 0 Å². The molecule has 0 unspecified atom stereocenters. The smallest absolute Gasteiger partial charge is 0.419 e. The van der Waals surface area contributed by atoms with E-state index in [1.807, 2.05) is 0 Å². The Bertz CT molecular complexity index is 1080. The quantitative estimate of drug-likeness (QED) is 0.591. The summed E-state index contributed by atoms with van der Waals surface area (Å²) in [5.74, 6) is 0.571. The number of methoxy groups -OCH3 is 1. The Morgan fingerprint density at radius 1 is 0.967 bits per heavy atom. The van der Waals surface area contributed by atoms with E-state index in [1.54, 1.807) is 64.3 Å². The van der Waals surface area contributed by atoms with Crippen LogP contribution in [-0.2, 0) is 24.6 Å². The molecule has 0 bridgehead atoms. The normalized spacial score (nSPS) is 11.7. The van der Waals surface area contributed by atoms with Gasteiger partial charge in [-0.2, -0.15) is 0 Å². The van der Waals surface area contributed by atoms with Crippen LogP contribution in [0.5, 0.6) is 5.75 Å². The molecule has 0 atom stereocenters. The third-order valence-electron chi connectivity index (χ3n) is 4.76. The van der Waals surface area contributed by atoms with Gasteiger partial charge in [-0.1, -0.05) is 12.1 Å². The number of aliphatic hydroxyl groups is 3. The van der Waals surface area contributed by atoms with Crippen LogP contribution in [0.2, 0.25) is 0 Å². The number of rotatable bonds is 5. The van der Waals surface area contributed by atoms with E-state index < -0.39 is 11.7 Å². The van der Waals surface area contributed by atoms with Crippen molar-refractivity contribution in [1.29, 1.82) is 0 Å². The molecule has 30 heavy (non-hydrogen) atoms. The second-order valence-electron chi connectivity index (χ2n) is 8.03. The number of hydrogen-bond acceptors (Lipinski definition) is 6. The molecule has 7 nitrogen and oxygen atoms in total. The summed E-state index contributed by atoms with van der Waals surface area (Å²) >= 11 is 0. The van der Waals surface area contributed by atoms with Gasteiger partial charge in [0.05, 0.1) is 38.1 Å². The second kappa shape index (κ2) is 8.47. The third kappa shape index (κ3) is 4.18. The molecular formula is C23H27NO6. The van der Waals surface area contributed by atoms with E-state index in [4.69, 9.17) is 9.47 Å². The number of aromatic nitrogens is 1. The van der Waals surface area contributed by atoms with Gasteiger partial charge in [0.1, 0.15) is 11.4 Å². The van der Waals surface area contributed by atoms with E-state index in [9.17, 15) is 20.1 Å². The van der Waals surface area contributed by atoms with Crippen LogP contribution in [-0.4, -0.2) is 38.7 Å². The minimum Gasteiger partial charge on any atom is -0.497 e. The fraction of sp³-hybridized carbons (Fsp3) is 0.348. The van der Waals surface area contributed by atoms with Crippen LogP contribution in [0.15, 0.2) is 36.4 Å². The SMILES string of the molecule is COc1ccc(CO)c(-c2cc3c(CO)cc(CO)cc3n2C(=O)OC(C)(C)C)c1. The lowest BCUT2D eigenvalue weighted by atomic mass is 10.0. The van der Waals surface area contributed by atoms with E-state index in [0.717, 1.165) is 0 Å². The van der Waals surface area contributed by atoms with Gasteiger partial charge in [-0.15, -0.1) is 0 Å². The zero-order chi connectivity index (χ0) is 22.1. The summed E-state index contributed by atoms with van der Waals surface area (Å²) in [6.45, 7) is 4.60. The molecule has 0 fully saturated rings. The number of aliphatic hydroxyl groups excluding tert-OH is 3. The Balaban J connectivity index is 2.39. The Hall–Kier alpha value is -2.87. The first kappa shape index (κ1) is 21.8. The molecule has 0 amide bonds. The lowest BCUT2D eigenvalue weighted by Gasteiger charge is -2.21.